The van der Waals surface area contributed by atoms with Gasteiger partial charge in [0.15, 0.2) is 0 Å². The minimum Gasteiger partial charge on any atom is -0.346 e. The first-order valence-corrected chi connectivity index (χ1v) is 8.80. The molecule has 1 fully saturated rings. The van der Waals surface area contributed by atoms with Crippen LogP contribution in [0.5, 0.6) is 0 Å². The second-order valence-electron chi connectivity index (χ2n) is 6.27. The SMILES string of the molecule is CNCCc1cn(CCN2CCCCC2)c2ccc(Cl)cc12. The molecule has 2 aromatic rings. The third-order valence-electron chi connectivity index (χ3n) is 4.68. The molecule has 3 nitrogen and oxygen atoms in total. The van der Waals surface area contributed by atoms with Crippen molar-refractivity contribution in [3.8, 4) is 0 Å². The van der Waals surface area contributed by atoms with E-state index in [0.717, 1.165) is 31.1 Å². The molecule has 1 N–H and O–H groups in total. The summed E-state index contributed by atoms with van der Waals surface area (Å²) in [5, 5.41) is 5.37. The molecule has 1 aromatic heterocycles. The van der Waals surface area contributed by atoms with E-state index in [-0.39, 0.29) is 0 Å². The van der Waals surface area contributed by atoms with Crippen LogP contribution in [0.3, 0.4) is 0 Å². The Morgan fingerprint density at radius 3 is 2.73 bits per heavy atom. The molecule has 0 aliphatic carbocycles. The molecule has 2 heterocycles. The van der Waals surface area contributed by atoms with Crippen LogP contribution in [0.2, 0.25) is 5.02 Å². The minimum atomic E-state index is 0.826. The van der Waals surface area contributed by atoms with E-state index in [4.69, 9.17) is 11.6 Å². The standard InChI is InChI=1S/C18H26ClN3/c1-20-8-7-15-14-22(12-11-21-9-3-2-4-10-21)18-6-5-16(19)13-17(15)18/h5-6,13-14,20H,2-4,7-12H2,1H3. The summed E-state index contributed by atoms with van der Waals surface area (Å²) in [6.07, 6.45) is 7.48. The van der Waals surface area contributed by atoms with Gasteiger partial charge in [-0.1, -0.05) is 18.0 Å². The monoisotopic (exact) mass is 319 g/mol. The molecule has 0 unspecified atom stereocenters. The Labute approximate surface area is 138 Å². The number of halogens is 1. The van der Waals surface area contributed by atoms with Gasteiger partial charge in [-0.3, -0.25) is 0 Å². The zero-order chi connectivity index (χ0) is 15.4. The number of fused-ring (bicyclic) bond motifs is 1. The molecular formula is C18H26ClN3. The highest BCUT2D eigenvalue weighted by Crippen LogP contribution is 2.25. The van der Waals surface area contributed by atoms with E-state index in [1.54, 1.807) is 0 Å². The van der Waals surface area contributed by atoms with Crippen LogP contribution in [0.25, 0.3) is 10.9 Å². The van der Waals surface area contributed by atoms with Gasteiger partial charge >= 0.3 is 0 Å². The molecule has 0 spiro atoms. The molecule has 3 rings (SSSR count). The fourth-order valence-electron chi connectivity index (χ4n) is 3.42. The highest BCUT2D eigenvalue weighted by molar-refractivity contribution is 6.31. The maximum atomic E-state index is 6.20. The number of rotatable bonds is 6. The second kappa shape index (κ2) is 7.49. The van der Waals surface area contributed by atoms with Crippen molar-refractivity contribution in [1.82, 2.24) is 14.8 Å². The van der Waals surface area contributed by atoms with Crippen LogP contribution in [0.1, 0.15) is 24.8 Å². The molecule has 0 atom stereocenters. The number of hydrogen-bond acceptors (Lipinski definition) is 2. The smallest absolute Gasteiger partial charge is 0.0484 e. The summed E-state index contributed by atoms with van der Waals surface area (Å²) in [5.41, 5.74) is 2.71. The fourth-order valence-corrected chi connectivity index (χ4v) is 3.59. The summed E-state index contributed by atoms with van der Waals surface area (Å²) in [6.45, 7) is 5.74. The number of nitrogens with zero attached hydrogens (tertiary/aromatic N) is 2. The average molecular weight is 320 g/mol. The largest absolute Gasteiger partial charge is 0.346 e. The van der Waals surface area contributed by atoms with Crippen molar-refractivity contribution in [3.05, 3.63) is 35.0 Å². The Hall–Kier alpha value is -1.03. The van der Waals surface area contributed by atoms with Crippen LogP contribution >= 0.6 is 11.6 Å². The lowest BCUT2D eigenvalue weighted by Crippen LogP contribution is -2.32. The first-order chi connectivity index (χ1) is 10.8. The van der Waals surface area contributed by atoms with Crippen LogP contribution in [-0.4, -0.2) is 42.7 Å². The molecule has 0 bridgehead atoms. The van der Waals surface area contributed by atoms with Gasteiger partial charge in [0.2, 0.25) is 0 Å². The van der Waals surface area contributed by atoms with Gasteiger partial charge < -0.3 is 14.8 Å². The number of nitrogens with one attached hydrogen (secondary N) is 1. The lowest BCUT2D eigenvalue weighted by Gasteiger charge is -2.26. The summed E-state index contributed by atoms with van der Waals surface area (Å²) in [4.78, 5) is 2.60. The molecule has 4 heteroatoms. The molecule has 0 amide bonds. The van der Waals surface area contributed by atoms with Gasteiger partial charge in [0, 0.05) is 35.2 Å². The molecule has 1 aliphatic heterocycles. The first kappa shape index (κ1) is 15.9. The molecule has 1 aromatic carbocycles. The van der Waals surface area contributed by atoms with Crippen molar-refractivity contribution >= 4 is 22.5 Å². The van der Waals surface area contributed by atoms with Crippen LogP contribution < -0.4 is 5.32 Å². The molecule has 0 saturated carbocycles. The van der Waals surface area contributed by atoms with E-state index in [2.05, 4.69) is 33.1 Å². The normalized spacial score (nSPS) is 16.5. The lowest BCUT2D eigenvalue weighted by atomic mass is 10.1. The van der Waals surface area contributed by atoms with Crippen LogP contribution in [0.4, 0.5) is 0 Å². The molecule has 1 aliphatic rings. The van der Waals surface area contributed by atoms with Crippen LogP contribution in [0, 0.1) is 0 Å². The molecule has 120 valence electrons. The Balaban J connectivity index is 1.78. The number of benzene rings is 1. The van der Waals surface area contributed by atoms with Crippen molar-refractivity contribution in [2.24, 2.45) is 0 Å². The molecule has 1 saturated heterocycles. The zero-order valence-electron chi connectivity index (χ0n) is 13.4. The predicted octanol–water partition coefficient (Wildman–Crippen LogP) is 3.54. The highest BCUT2D eigenvalue weighted by atomic mass is 35.5. The van der Waals surface area contributed by atoms with Gasteiger partial charge in [-0.05, 0) is 69.7 Å². The fraction of sp³-hybridized carbons (Fsp3) is 0.556. The van der Waals surface area contributed by atoms with Crippen molar-refractivity contribution in [2.75, 3.05) is 33.2 Å². The summed E-state index contributed by atoms with van der Waals surface area (Å²) < 4.78 is 2.41. The van der Waals surface area contributed by atoms with Crippen LogP contribution in [0.15, 0.2) is 24.4 Å². The quantitative estimate of drug-likeness (QED) is 0.878. The molecular weight excluding hydrogens is 294 g/mol. The van der Waals surface area contributed by atoms with Crippen molar-refractivity contribution in [2.45, 2.75) is 32.2 Å². The van der Waals surface area contributed by atoms with E-state index in [9.17, 15) is 0 Å². The number of likely N-dealkylation sites (N-methyl/N-ethyl adjacent to an activating group) is 1. The molecule has 22 heavy (non-hydrogen) atoms. The van der Waals surface area contributed by atoms with E-state index in [0.29, 0.717) is 0 Å². The Morgan fingerprint density at radius 2 is 1.95 bits per heavy atom. The summed E-state index contributed by atoms with van der Waals surface area (Å²) in [5.74, 6) is 0. The Morgan fingerprint density at radius 1 is 1.14 bits per heavy atom. The summed E-state index contributed by atoms with van der Waals surface area (Å²) in [7, 11) is 2.00. The molecule has 0 radical (unpaired) electrons. The number of aromatic nitrogens is 1. The number of hydrogen-bond donors (Lipinski definition) is 1. The first-order valence-electron chi connectivity index (χ1n) is 8.42. The maximum absolute atomic E-state index is 6.20. The van der Waals surface area contributed by atoms with Gasteiger partial charge in [-0.25, -0.2) is 0 Å². The summed E-state index contributed by atoms with van der Waals surface area (Å²) >= 11 is 6.20. The Bertz CT molecular complexity index is 614. The third-order valence-corrected chi connectivity index (χ3v) is 4.91. The number of piperidine rings is 1. The van der Waals surface area contributed by atoms with Crippen LogP contribution in [-0.2, 0) is 13.0 Å². The van der Waals surface area contributed by atoms with Gasteiger partial charge in [-0.2, -0.15) is 0 Å². The number of likely N-dealkylation sites (tertiary alicyclic amines) is 1. The topological polar surface area (TPSA) is 20.2 Å². The highest BCUT2D eigenvalue weighted by Gasteiger charge is 2.12. The van der Waals surface area contributed by atoms with Crippen molar-refractivity contribution in [1.29, 1.82) is 0 Å². The van der Waals surface area contributed by atoms with Gasteiger partial charge in [0.05, 0.1) is 0 Å². The lowest BCUT2D eigenvalue weighted by molar-refractivity contribution is 0.221. The third kappa shape index (κ3) is 3.65. The van der Waals surface area contributed by atoms with E-state index in [1.807, 2.05) is 13.1 Å². The van der Waals surface area contributed by atoms with Crippen molar-refractivity contribution in [3.63, 3.8) is 0 Å². The summed E-state index contributed by atoms with van der Waals surface area (Å²) in [6, 6.07) is 6.28. The van der Waals surface area contributed by atoms with Gasteiger partial charge in [0.25, 0.3) is 0 Å². The van der Waals surface area contributed by atoms with E-state index in [1.165, 1.54) is 48.8 Å². The average Bonchev–Trinajstić information content (AvgIpc) is 2.89. The predicted molar refractivity (Wildman–Crippen MR) is 94.9 cm³/mol. The van der Waals surface area contributed by atoms with Gasteiger partial charge in [0.1, 0.15) is 0 Å². The van der Waals surface area contributed by atoms with Gasteiger partial charge in [-0.15, -0.1) is 0 Å². The zero-order valence-corrected chi connectivity index (χ0v) is 14.2. The van der Waals surface area contributed by atoms with E-state index < -0.39 is 0 Å². The minimum absolute atomic E-state index is 0.826. The van der Waals surface area contributed by atoms with E-state index >= 15 is 0 Å². The van der Waals surface area contributed by atoms with Crippen molar-refractivity contribution < 1.29 is 0 Å². The maximum Gasteiger partial charge on any atom is 0.0484 e. The second-order valence-corrected chi connectivity index (χ2v) is 6.70. The Kier molecular flexibility index (Phi) is 5.40.